The number of hydrogen-bond acceptors (Lipinski definition) is 3. The van der Waals surface area contributed by atoms with Crippen molar-refractivity contribution in [2.75, 3.05) is 13.1 Å². The summed E-state index contributed by atoms with van der Waals surface area (Å²) in [6.07, 6.45) is 1.94. The van der Waals surface area contributed by atoms with Gasteiger partial charge in [0.15, 0.2) is 0 Å². The molecule has 0 bridgehead atoms. The average molecular weight is 343 g/mol. The fourth-order valence-corrected chi connectivity index (χ4v) is 4.45. The molecular formula is C19H17B2N2OS. The maximum atomic E-state index is 12.7. The molecule has 0 spiro atoms. The second kappa shape index (κ2) is 7.04. The number of carbonyl (C=O) groups is 1. The second-order valence-corrected chi connectivity index (χ2v) is 7.44. The number of amides is 1. The largest absolute Gasteiger partial charge is 0.339 e. The van der Waals surface area contributed by atoms with E-state index in [-0.39, 0.29) is 5.91 Å². The molecule has 3 nitrogen and oxygen atoms in total. The highest BCUT2D eigenvalue weighted by Gasteiger charge is 2.26. The van der Waals surface area contributed by atoms with Crippen LogP contribution >= 0.6 is 11.3 Å². The minimum atomic E-state index is 0.103. The van der Waals surface area contributed by atoms with Crippen LogP contribution in [0.5, 0.6) is 0 Å². The molecule has 4 rings (SSSR count). The van der Waals surface area contributed by atoms with Crippen LogP contribution in [0, 0.1) is 0 Å². The molecule has 6 heteroatoms. The van der Waals surface area contributed by atoms with Gasteiger partial charge in [0.25, 0.3) is 5.91 Å². The van der Waals surface area contributed by atoms with Crippen molar-refractivity contribution >= 4 is 47.8 Å². The van der Waals surface area contributed by atoms with E-state index in [0.717, 1.165) is 42.5 Å². The lowest BCUT2D eigenvalue weighted by Gasteiger charge is -2.31. The molecule has 25 heavy (non-hydrogen) atoms. The first kappa shape index (κ1) is 16.4. The molecule has 0 saturated carbocycles. The summed E-state index contributed by atoms with van der Waals surface area (Å²) in [7, 11) is 7.03. The summed E-state index contributed by atoms with van der Waals surface area (Å²) in [5, 5.41) is 1.20. The number of thiazole rings is 1. The van der Waals surface area contributed by atoms with E-state index in [4.69, 9.17) is 12.7 Å². The summed E-state index contributed by atoms with van der Waals surface area (Å²) in [6, 6.07) is 15.7. The number of benzene rings is 2. The summed E-state index contributed by atoms with van der Waals surface area (Å²) in [5.41, 5.74) is 2.73. The third-order valence-electron chi connectivity index (χ3n) is 4.79. The van der Waals surface area contributed by atoms with Gasteiger partial charge in [-0.05, 0) is 25.0 Å². The van der Waals surface area contributed by atoms with Crippen LogP contribution in [0.3, 0.4) is 0 Å². The monoisotopic (exact) mass is 343 g/mol. The van der Waals surface area contributed by atoms with Crippen molar-refractivity contribution in [1.82, 2.24) is 9.88 Å². The van der Waals surface area contributed by atoms with Crippen LogP contribution in [0.25, 0.3) is 10.2 Å². The van der Waals surface area contributed by atoms with Crippen LogP contribution in [0.15, 0.2) is 48.5 Å². The Hall–Kier alpha value is -2.07. The second-order valence-electron chi connectivity index (χ2n) is 6.37. The van der Waals surface area contributed by atoms with E-state index >= 15 is 0 Å². The third kappa shape index (κ3) is 3.36. The Labute approximate surface area is 153 Å². The summed E-state index contributed by atoms with van der Waals surface area (Å²) >= 11 is 1.78. The molecule has 2 heterocycles. The van der Waals surface area contributed by atoms with Crippen LogP contribution in [-0.4, -0.2) is 43.8 Å². The Morgan fingerprint density at radius 3 is 2.52 bits per heavy atom. The molecule has 1 aromatic heterocycles. The standard InChI is InChI=1S/C19H17B2N2OS/c20-21-15-7-5-14(6-8-15)19(24)23-11-9-13(10-12-23)18-22-16-3-1-2-4-17(16)25-18/h1-8,13H,9-12H2. The van der Waals surface area contributed by atoms with E-state index in [1.807, 2.05) is 35.2 Å². The topological polar surface area (TPSA) is 33.2 Å². The molecule has 1 saturated heterocycles. The summed E-state index contributed by atoms with van der Waals surface area (Å²) in [6.45, 7) is 1.56. The van der Waals surface area contributed by atoms with Crippen molar-refractivity contribution in [3.8, 4) is 0 Å². The fourth-order valence-electron chi connectivity index (χ4n) is 3.31. The third-order valence-corrected chi connectivity index (χ3v) is 5.99. The van der Waals surface area contributed by atoms with Crippen molar-refractivity contribution in [2.24, 2.45) is 0 Å². The van der Waals surface area contributed by atoms with Gasteiger partial charge in [-0.15, -0.1) is 11.3 Å². The van der Waals surface area contributed by atoms with E-state index in [9.17, 15) is 4.79 Å². The van der Waals surface area contributed by atoms with Gasteiger partial charge in [0.2, 0.25) is 0 Å². The van der Waals surface area contributed by atoms with Gasteiger partial charge in [0.05, 0.1) is 22.4 Å². The smallest absolute Gasteiger partial charge is 0.253 e. The zero-order chi connectivity index (χ0) is 17.2. The lowest BCUT2D eigenvalue weighted by Crippen LogP contribution is -2.38. The molecule has 121 valence electrons. The molecule has 0 unspecified atom stereocenters. The highest BCUT2D eigenvalue weighted by molar-refractivity contribution is 7.18. The number of hydrogen-bond donors (Lipinski definition) is 0. The molecule has 1 aliphatic rings. The van der Waals surface area contributed by atoms with Crippen LogP contribution < -0.4 is 5.46 Å². The Bertz CT molecular complexity index is 853. The summed E-state index contributed by atoms with van der Waals surface area (Å²) in [5.74, 6) is 0.557. The molecule has 0 N–H and O–H groups in total. The zero-order valence-electron chi connectivity index (χ0n) is 13.9. The van der Waals surface area contributed by atoms with Gasteiger partial charge < -0.3 is 4.90 Å². The molecule has 1 amide bonds. The highest BCUT2D eigenvalue weighted by atomic mass is 32.1. The fraction of sp³-hybridized carbons (Fsp3) is 0.263. The Kier molecular flexibility index (Phi) is 4.62. The first-order valence-electron chi connectivity index (χ1n) is 8.54. The van der Waals surface area contributed by atoms with Crippen LogP contribution in [0.1, 0.15) is 34.1 Å². The van der Waals surface area contributed by atoms with Gasteiger partial charge in [-0.25, -0.2) is 4.98 Å². The van der Waals surface area contributed by atoms with Crippen molar-refractivity contribution in [3.63, 3.8) is 0 Å². The Balaban J connectivity index is 1.42. The molecule has 1 fully saturated rings. The quantitative estimate of drug-likeness (QED) is 0.686. The van der Waals surface area contributed by atoms with Crippen molar-refractivity contribution in [1.29, 1.82) is 0 Å². The molecule has 1 aliphatic heterocycles. The minimum Gasteiger partial charge on any atom is -0.339 e. The number of carbonyl (C=O) groups excluding carboxylic acids is 1. The number of fused-ring (bicyclic) bond motifs is 1. The lowest BCUT2D eigenvalue weighted by atomic mass is 9.51. The minimum absolute atomic E-state index is 0.103. The molecule has 0 aliphatic carbocycles. The van der Waals surface area contributed by atoms with Crippen molar-refractivity contribution < 1.29 is 4.79 Å². The predicted octanol–water partition coefficient (Wildman–Crippen LogP) is 2.73. The molecule has 0 atom stereocenters. The summed E-state index contributed by atoms with van der Waals surface area (Å²) < 4.78 is 1.24. The number of para-hydroxylation sites is 1. The van der Waals surface area contributed by atoms with Crippen LogP contribution in [-0.2, 0) is 0 Å². The van der Waals surface area contributed by atoms with E-state index in [2.05, 4.69) is 18.2 Å². The van der Waals surface area contributed by atoms with Gasteiger partial charge in [-0.3, -0.25) is 4.79 Å². The van der Waals surface area contributed by atoms with Gasteiger partial charge in [-0.1, -0.05) is 41.9 Å². The normalized spacial score (nSPS) is 15.4. The zero-order valence-corrected chi connectivity index (χ0v) is 14.7. The molecular weight excluding hydrogens is 326 g/mol. The number of rotatable bonds is 3. The first-order chi connectivity index (χ1) is 12.2. The molecule has 2 aromatic carbocycles. The maximum Gasteiger partial charge on any atom is 0.253 e. The lowest BCUT2D eigenvalue weighted by molar-refractivity contribution is 0.0713. The number of aromatic nitrogens is 1. The Morgan fingerprint density at radius 1 is 1.12 bits per heavy atom. The van der Waals surface area contributed by atoms with E-state index in [1.54, 1.807) is 11.3 Å². The van der Waals surface area contributed by atoms with Gasteiger partial charge in [0, 0.05) is 32.3 Å². The van der Waals surface area contributed by atoms with Crippen LogP contribution in [0.2, 0.25) is 0 Å². The van der Waals surface area contributed by atoms with Gasteiger partial charge in [-0.2, -0.15) is 0 Å². The van der Waals surface area contributed by atoms with Crippen molar-refractivity contribution in [3.05, 3.63) is 59.1 Å². The van der Waals surface area contributed by atoms with Gasteiger partial charge in [0.1, 0.15) is 0 Å². The summed E-state index contributed by atoms with van der Waals surface area (Å²) in [4.78, 5) is 19.4. The average Bonchev–Trinajstić information content (AvgIpc) is 3.12. The van der Waals surface area contributed by atoms with E-state index in [0.29, 0.717) is 5.92 Å². The first-order valence-corrected chi connectivity index (χ1v) is 9.36. The molecule has 3 aromatic rings. The van der Waals surface area contributed by atoms with E-state index in [1.165, 1.54) is 16.9 Å². The van der Waals surface area contributed by atoms with Crippen LogP contribution in [0.4, 0.5) is 0 Å². The maximum absolute atomic E-state index is 12.7. The highest BCUT2D eigenvalue weighted by Crippen LogP contribution is 2.34. The molecule has 3 radical (unpaired) electrons. The predicted molar refractivity (Wildman–Crippen MR) is 105 cm³/mol. The number of nitrogens with zero attached hydrogens (tertiary/aromatic N) is 2. The SMILES string of the molecule is [B][B]c1ccc(C(=O)N2CCC(c3nc4ccccc4s3)CC2)cc1. The van der Waals surface area contributed by atoms with Crippen molar-refractivity contribution in [2.45, 2.75) is 18.8 Å². The number of piperidine rings is 1. The number of likely N-dealkylation sites (tertiary alicyclic amines) is 1. The van der Waals surface area contributed by atoms with Gasteiger partial charge >= 0.3 is 0 Å². The van der Waals surface area contributed by atoms with E-state index < -0.39 is 0 Å². The Morgan fingerprint density at radius 2 is 1.84 bits per heavy atom.